The van der Waals surface area contributed by atoms with E-state index >= 15 is 0 Å². The van der Waals surface area contributed by atoms with Crippen molar-refractivity contribution in [3.63, 3.8) is 0 Å². The van der Waals surface area contributed by atoms with Gasteiger partial charge in [-0.05, 0) is 49.4 Å². The van der Waals surface area contributed by atoms with Crippen LogP contribution in [0.25, 0.3) is 0 Å². The number of nitrogens with one attached hydrogen (secondary N) is 3. The SMILES string of the molecule is Cc1cc(Nc2cc(N3CCC3)nc(Sc3ccc(NC(=O)N(C)C)cc3)n2)n[nH]1. The number of H-pyrrole nitrogens is 1. The van der Waals surface area contributed by atoms with Gasteiger partial charge in [-0.1, -0.05) is 0 Å². The van der Waals surface area contributed by atoms with Gasteiger partial charge in [0.05, 0.1) is 0 Å². The van der Waals surface area contributed by atoms with E-state index in [4.69, 9.17) is 4.98 Å². The van der Waals surface area contributed by atoms with E-state index in [2.05, 4.69) is 30.7 Å². The number of hydrogen-bond donors (Lipinski definition) is 3. The summed E-state index contributed by atoms with van der Waals surface area (Å²) >= 11 is 1.48. The molecule has 10 heteroatoms. The molecule has 1 fully saturated rings. The van der Waals surface area contributed by atoms with E-state index in [0.29, 0.717) is 11.0 Å². The topological polar surface area (TPSA) is 102 Å². The fraction of sp³-hybridized carbons (Fsp3) is 0.300. The highest BCUT2D eigenvalue weighted by Gasteiger charge is 2.18. The van der Waals surface area contributed by atoms with Gasteiger partial charge in [-0.3, -0.25) is 5.10 Å². The Morgan fingerprint density at radius 1 is 1.13 bits per heavy atom. The van der Waals surface area contributed by atoms with E-state index in [1.54, 1.807) is 14.1 Å². The molecule has 2 amide bonds. The summed E-state index contributed by atoms with van der Waals surface area (Å²) in [6, 6.07) is 11.3. The van der Waals surface area contributed by atoms with Crippen molar-refractivity contribution in [1.82, 2.24) is 25.1 Å². The van der Waals surface area contributed by atoms with Crippen molar-refractivity contribution in [2.75, 3.05) is 42.7 Å². The van der Waals surface area contributed by atoms with Crippen LogP contribution in [0.4, 0.5) is 27.9 Å². The van der Waals surface area contributed by atoms with Gasteiger partial charge in [-0.2, -0.15) is 5.10 Å². The zero-order valence-electron chi connectivity index (χ0n) is 17.1. The Morgan fingerprint density at radius 3 is 2.50 bits per heavy atom. The molecule has 9 nitrogen and oxygen atoms in total. The number of urea groups is 1. The Labute approximate surface area is 179 Å². The lowest BCUT2D eigenvalue weighted by Gasteiger charge is -2.32. The quantitative estimate of drug-likeness (QED) is 0.519. The first-order valence-corrected chi connectivity index (χ1v) is 10.5. The normalized spacial score (nSPS) is 13.0. The van der Waals surface area contributed by atoms with E-state index in [9.17, 15) is 4.79 Å². The van der Waals surface area contributed by atoms with Crippen LogP contribution in [-0.4, -0.2) is 58.3 Å². The van der Waals surface area contributed by atoms with E-state index < -0.39 is 0 Å². The Kier molecular flexibility index (Phi) is 5.75. The summed E-state index contributed by atoms with van der Waals surface area (Å²) < 4.78 is 0. The second kappa shape index (κ2) is 8.62. The fourth-order valence-electron chi connectivity index (χ4n) is 2.79. The molecule has 2 aromatic heterocycles. The fourth-order valence-corrected chi connectivity index (χ4v) is 3.56. The van der Waals surface area contributed by atoms with Gasteiger partial charge in [0.1, 0.15) is 11.6 Å². The van der Waals surface area contributed by atoms with Gasteiger partial charge in [0, 0.05) is 55.6 Å². The molecule has 30 heavy (non-hydrogen) atoms. The van der Waals surface area contributed by atoms with Crippen LogP contribution in [0.15, 0.2) is 46.5 Å². The highest BCUT2D eigenvalue weighted by molar-refractivity contribution is 7.99. The molecule has 1 aromatic carbocycles. The van der Waals surface area contributed by atoms with E-state index in [1.807, 2.05) is 43.3 Å². The van der Waals surface area contributed by atoms with Crippen molar-refractivity contribution >= 4 is 40.9 Å². The van der Waals surface area contributed by atoms with Crippen LogP contribution in [-0.2, 0) is 0 Å². The first-order valence-electron chi connectivity index (χ1n) is 9.65. The van der Waals surface area contributed by atoms with Crippen molar-refractivity contribution in [2.45, 2.75) is 23.4 Å². The largest absolute Gasteiger partial charge is 0.356 e. The number of rotatable bonds is 6. The van der Waals surface area contributed by atoms with Crippen LogP contribution in [0.1, 0.15) is 12.1 Å². The van der Waals surface area contributed by atoms with Crippen molar-refractivity contribution in [3.05, 3.63) is 42.1 Å². The summed E-state index contributed by atoms with van der Waals surface area (Å²) in [5.74, 6) is 2.33. The second-order valence-electron chi connectivity index (χ2n) is 7.25. The molecule has 1 aliphatic rings. The van der Waals surface area contributed by atoms with Crippen molar-refractivity contribution < 1.29 is 4.79 Å². The molecule has 0 saturated carbocycles. The average molecular weight is 425 g/mol. The van der Waals surface area contributed by atoms with Crippen LogP contribution in [0.2, 0.25) is 0 Å². The number of nitrogens with zero attached hydrogens (tertiary/aromatic N) is 5. The molecule has 3 N–H and O–H groups in total. The summed E-state index contributed by atoms with van der Waals surface area (Å²) in [6.07, 6.45) is 1.17. The van der Waals surface area contributed by atoms with E-state index in [-0.39, 0.29) is 6.03 Å². The van der Waals surface area contributed by atoms with Crippen LogP contribution in [0.5, 0.6) is 0 Å². The number of aromatic amines is 1. The smallest absolute Gasteiger partial charge is 0.321 e. The molecular formula is C20H24N8OS. The zero-order chi connectivity index (χ0) is 21.1. The number of aromatic nitrogens is 4. The van der Waals surface area contributed by atoms with Crippen molar-refractivity contribution in [3.8, 4) is 0 Å². The van der Waals surface area contributed by atoms with Gasteiger partial charge in [0.25, 0.3) is 0 Å². The number of benzene rings is 1. The second-order valence-corrected chi connectivity index (χ2v) is 8.29. The maximum atomic E-state index is 11.8. The lowest BCUT2D eigenvalue weighted by Crippen LogP contribution is -2.37. The minimum absolute atomic E-state index is 0.162. The third-order valence-corrected chi connectivity index (χ3v) is 5.43. The Balaban J connectivity index is 1.52. The highest BCUT2D eigenvalue weighted by atomic mass is 32.2. The predicted molar refractivity (Wildman–Crippen MR) is 119 cm³/mol. The molecule has 0 atom stereocenters. The minimum Gasteiger partial charge on any atom is -0.356 e. The summed E-state index contributed by atoms with van der Waals surface area (Å²) in [7, 11) is 3.41. The molecule has 0 radical (unpaired) electrons. The number of amides is 2. The molecule has 0 unspecified atom stereocenters. The number of aryl methyl sites for hydroxylation is 1. The van der Waals surface area contributed by atoms with Crippen LogP contribution in [0.3, 0.4) is 0 Å². The molecular weight excluding hydrogens is 400 g/mol. The Morgan fingerprint density at radius 2 is 1.90 bits per heavy atom. The van der Waals surface area contributed by atoms with Gasteiger partial charge in [-0.25, -0.2) is 14.8 Å². The number of hydrogen-bond acceptors (Lipinski definition) is 7. The standard InChI is InChI=1S/C20H24N8OS/c1-13-11-17(26-25-13)22-16-12-18(28-9-4-10-28)24-19(23-16)30-15-7-5-14(6-8-15)21-20(29)27(2)3/h5-8,11-12H,4,9-10H2,1-3H3,(H,21,29)(H2,22,23,24,25,26). The van der Waals surface area contributed by atoms with Crippen molar-refractivity contribution in [2.24, 2.45) is 0 Å². The molecule has 4 rings (SSSR count). The highest BCUT2D eigenvalue weighted by Crippen LogP contribution is 2.30. The van der Waals surface area contributed by atoms with Crippen LogP contribution >= 0.6 is 11.8 Å². The first-order chi connectivity index (χ1) is 14.5. The van der Waals surface area contributed by atoms with Gasteiger partial charge < -0.3 is 20.4 Å². The van der Waals surface area contributed by atoms with Crippen LogP contribution in [0, 0.1) is 6.92 Å². The molecule has 1 aliphatic heterocycles. The molecule has 1 saturated heterocycles. The third-order valence-electron chi connectivity index (χ3n) is 4.56. The summed E-state index contributed by atoms with van der Waals surface area (Å²) in [4.78, 5) is 25.9. The summed E-state index contributed by atoms with van der Waals surface area (Å²) in [6.45, 7) is 3.96. The number of carbonyl (C=O) groups is 1. The molecule has 0 bridgehead atoms. The molecule has 3 aromatic rings. The van der Waals surface area contributed by atoms with E-state index in [1.165, 1.54) is 23.1 Å². The van der Waals surface area contributed by atoms with Gasteiger partial charge in [0.2, 0.25) is 0 Å². The number of anilines is 4. The Hall–Kier alpha value is -3.27. The maximum Gasteiger partial charge on any atom is 0.321 e. The maximum absolute atomic E-state index is 11.8. The molecule has 0 aliphatic carbocycles. The van der Waals surface area contributed by atoms with Gasteiger partial charge in [0.15, 0.2) is 11.0 Å². The van der Waals surface area contributed by atoms with Gasteiger partial charge in [-0.15, -0.1) is 0 Å². The zero-order valence-corrected chi connectivity index (χ0v) is 18.0. The Bertz CT molecular complexity index is 1030. The summed E-state index contributed by atoms with van der Waals surface area (Å²) in [5.41, 5.74) is 1.72. The molecule has 3 heterocycles. The summed E-state index contributed by atoms with van der Waals surface area (Å²) in [5, 5.41) is 13.9. The lowest BCUT2D eigenvalue weighted by molar-refractivity contribution is 0.230. The predicted octanol–water partition coefficient (Wildman–Crippen LogP) is 3.71. The molecule has 156 valence electrons. The number of carbonyl (C=O) groups excluding carboxylic acids is 1. The third kappa shape index (κ3) is 4.82. The molecule has 0 spiro atoms. The monoisotopic (exact) mass is 424 g/mol. The minimum atomic E-state index is -0.162. The lowest BCUT2D eigenvalue weighted by atomic mass is 10.2. The van der Waals surface area contributed by atoms with Gasteiger partial charge >= 0.3 is 6.03 Å². The van der Waals surface area contributed by atoms with E-state index in [0.717, 1.165) is 41.0 Å². The van der Waals surface area contributed by atoms with Crippen molar-refractivity contribution in [1.29, 1.82) is 0 Å². The average Bonchev–Trinajstić information content (AvgIpc) is 3.06. The van der Waals surface area contributed by atoms with Crippen LogP contribution < -0.4 is 15.5 Å². The first kappa shape index (κ1) is 20.0.